The van der Waals surface area contributed by atoms with Crippen molar-refractivity contribution in [3.05, 3.63) is 29.8 Å². The molecule has 1 amide bonds. The summed E-state index contributed by atoms with van der Waals surface area (Å²) in [5.41, 5.74) is 1.72. The number of hydrogen-bond donors (Lipinski definition) is 2. The van der Waals surface area contributed by atoms with Gasteiger partial charge in [0, 0.05) is 5.69 Å². The second-order valence-corrected chi connectivity index (χ2v) is 2.95. The van der Waals surface area contributed by atoms with Gasteiger partial charge in [-0.05, 0) is 25.5 Å². The Hall–Kier alpha value is -1.84. The Balaban J connectivity index is 2.80. The average molecular weight is 192 g/mol. The molecule has 0 radical (unpaired) electrons. The van der Waals surface area contributed by atoms with Gasteiger partial charge in [0.1, 0.15) is 5.71 Å². The molecule has 1 aromatic rings. The van der Waals surface area contributed by atoms with E-state index in [1.165, 1.54) is 6.92 Å². The SMILES string of the molecule is C/C(=N\O)C(=O)Nc1ccccc1C. The lowest BCUT2D eigenvalue weighted by atomic mass is 10.2. The number of anilines is 1. The molecule has 14 heavy (non-hydrogen) atoms. The molecular formula is C10H12N2O2. The Morgan fingerprint density at radius 2 is 2.07 bits per heavy atom. The van der Waals surface area contributed by atoms with Crippen LogP contribution in [0.5, 0.6) is 0 Å². The lowest BCUT2D eigenvalue weighted by molar-refractivity contribution is -0.110. The number of nitrogens with one attached hydrogen (secondary N) is 1. The molecule has 0 aliphatic heterocycles. The first-order valence-corrected chi connectivity index (χ1v) is 4.21. The fourth-order valence-corrected chi connectivity index (χ4v) is 0.971. The van der Waals surface area contributed by atoms with Crippen molar-refractivity contribution in [2.24, 2.45) is 5.16 Å². The number of oxime groups is 1. The second kappa shape index (κ2) is 4.41. The number of para-hydroxylation sites is 1. The van der Waals surface area contributed by atoms with Crippen LogP contribution < -0.4 is 5.32 Å². The molecule has 1 aromatic carbocycles. The summed E-state index contributed by atoms with van der Waals surface area (Å²) in [7, 11) is 0. The lowest BCUT2D eigenvalue weighted by Gasteiger charge is -2.06. The molecule has 0 spiro atoms. The first-order valence-electron chi connectivity index (χ1n) is 4.21. The molecule has 0 fully saturated rings. The minimum atomic E-state index is -0.401. The highest BCUT2D eigenvalue weighted by Crippen LogP contribution is 2.12. The van der Waals surface area contributed by atoms with Crippen LogP contribution in [0, 0.1) is 6.92 Å². The lowest BCUT2D eigenvalue weighted by Crippen LogP contribution is -2.20. The monoisotopic (exact) mass is 192 g/mol. The zero-order valence-corrected chi connectivity index (χ0v) is 8.11. The van der Waals surface area contributed by atoms with Crippen LogP contribution in [0.25, 0.3) is 0 Å². The van der Waals surface area contributed by atoms with E-state index in [2.05, 4.69) is 10.5 Å². The predicted molar refractivity (Wildman–Crippen MR) is 54.7 cm³/mol. The molecule has 4 heteroatoms. The van der Waals surface area contributed by atoms with Crippen molar-refractivity contribution in [3.63, 3.8) is 0 Å². The number of benzene rings is 1. The van der Waals surface area contributed by atoms with E-state index in [1.807, 2.05) is 25.1 Å². The quantitative estimate of drug-likeness (QED) is 0.426. The molecule has 1 rings (SSSR count). The highest BCUT2D eigenvalue weighted by Gasteiger charge is 2.07. The van der Waals surface area contributed by atoms with Gasteiger partial charge < -0.3 is 10.5 Å². The first-order chi connectivity index (χ1) is 6.65. The van der Waals surface area contributed by atoms with Crippen LogP contribution in [0.2, 0.25) is 0 Å². The minimum absolute atomic E-state index is 0.0354. The summed E-state index contributed by atoms with van der Waals surface area (Å²) < 4.78 is 0. The summed E-state index contributed by atoms with van der Waals surface area (Å²) in [4.78, 5) is 11.3. The van der Waals surface area contributed by atoms with E-state index in [-0.39, 0.29) is 5.71 Å². The summed E-state index contributed by atoms with van der Waals surface area (Å²) in [5, 5.41) is 13.8. The third-order valence-corrected chi connectivity index (χ3v) is 1.87. The zero-order valence-electron chi connectivity index (χ0n) is 8.11. The van der Waals surface area contributed by atoms with Crippen LogP contribution in [0.4, 0.5) is 5.69 Å². The van der Waals surface area contributed by atoms with E-state index in [0.717, 1.165) is 11.3 Å². The van der Waals surface area contributed by atoms with Crippen molar-refractivity contribution in [1.29, 1.82) is 0 Å². The van der Waals surface area contributed by atoms with E-state index in [4.69, 9.17) is 5.21 Å². The summed E-state index contributed by atoms with van der Waals surface area (Å²) in [6, 6.07) is 7.39. The maximum atomic E-state index is 11.3. The predicted octanol–water partition coefficient (Wildman–Crippen LogP) is 1.78. The molecule has 0 bridgehead atoms. The Morgan fingerprint density at radius 3 is 2.64 bits per heavy atom. The van der Waals surface area contributed by atoms with Gasteiger partial charge in [-0.2, -0.15) is 0 Å². The van der Waals surface area contributed by atoms with Gasteiger partial charge in [-0.15, -0.1) is 0 Å². The number of carbonyl (C=O) groups excluding carboxylic acids is 1. The fraction of sp³-hybridized carbons (Fsp3) is 0.200. The van der Waals surface area contributed by atoms with Crippen molar-refractivity contribution in [2.75, 3.05) is 5.32 Å². The van der Waals surface area contributed by atoms with Crippen molar-refractivity contribution >= 4 is 17.3 Å². The van der Waals surface area contributed by atoms with E-state index in [1.54, 1.807) is 6.07 Å². The number of rotatable bonds is 2. The number of carbonyl (C=O) groups is 1. The molecule has 0 heterocycles. The van der Waals surface area contributed by atoms with Crippen LogP contribution in [-0.4, -0.2) is 16.8 Å². The molecule has 0 saturated carbocycles. The Labute approximate surface area is 82.2 Å². The summed E-state index contributed by atoms with van der Waals surface area (Å²) in [5.74, 6) is -0.401. The Kier molecular flexibility index (Phi) is 3.23. The molecular weight excluding hydrogens is 180 g/mol. The van der Waals surface area contributed by atoms with Crippen molar-refractivity contribution in [1.82, 2.24) is 0 Å². The van der Waals surface area contributed by atoms with Gasteiger partial charge >= 0.3 is 0 Å². The number of amides is 1. The van der Waals surface area contributed by atoms with E-state index in [9.17, 15) is 4.79 Å². The van der Waals surface area contributed by atoms with Crippen molar-refractivity contribution < 1.29 is 10.0 Å². The average Bonchev–Trinajstić information content (AvgIpc) is 2.20. The highest BCUT2D eigenvalue weighted by molar-refractivity contribution is 6.42. The van der Waals surface area contributed by atoms with Gasteiger partial charge in [-0.3, -0.25) is 4.79 Å². The van der Waals surface area contributed by atoms with Crippen LogP contribution in [0.3, 0.4) is 0 Å². The first kappa shape index (κ1) is 10.2. The standard InChI is InChI=1S/C10H12N2O2/c1-7-5-3-4-6-9(7)11-10(13)8(2)12-14/h3-6,14H,1-2H3,(H,11,13)/b12-8+. The molecule has 0 atom stereocenters. The molecule has 0 aromatic heterocycles. The molecule has 0 aliphatic rings. The molecule has 0 saturated heterocycles. The molecule has 2 N–H and O–H groups in total. The van der Waals surface area contributed by atoms with Crippen LogP contribution in [-0.2, 0) is 4.79 Å². The maximum Gasteiger partial charge on any atom is 0.273 e. The maximum absolute atomic E-state index is 11.3. The highest BCUT2D eigenvalue weighted by atomic mass is 16.4. The smallest absolute Gasteiger partial charge is 0.273 e. The van der Waals surface area contributed by atoms with Crippen LogP contribution in [0.15, 0.2) is 29.4 Å². The van der Waals surface area contributed by atoms with Crippen LogP contribution >= 0.6 is 0 Å². The number of nitrogens with zero attached hydrogens (tertiary/aromatic N) is 1. The van der Waals surface area contributed by atoms with Gasteiger partial charge in [-0.25, -0.2) is 0 Å². The van der Waals surface area contributed by atoms with E-state index >= 15 is 0 Å². The number of hydrogen-bond acceptors (Lipinski definition) is 3. The van der Waals surface area contributed by atoms with Gasteiger partial charge in [-0.1, -0.05) is 23.4 Å². The third-order valence-electron chi connectivity index (χ3n) is 1.87. The Bertz CT molecular complexity index is 372. The second-order valence-electron chi connectivity index (χ2n) is 2.95. The van der Waals surface area contributed by atoms with Crippen molar-refractivity contribution in [3.8, 4) is 0 Å². The summed E-state index contributed by atoms with van der Waals surface area (Å²) in [6.07, 6.45) is 0. The number of aryl methyl sites for hydroxylation is 1. The molecule has 4 nitrogen and oxygen atoms in total. The summed E-state index contributed by atoms with van der Waals surface area (Å²) >= 11 is 0. The zero-order chi connectivity index (χ0) is 10.6. The van der Waals surface area contributed by atoms with E-state index < -0.39 is 5.91 Å². The Morgan fingerprint density at radius 1 is 1.43 bits per heavy atom. The van der Waals surface area contributed by atoms with Gasteiger partial charge in [0.2, 0.25) is 0 Å². The molecule has 0 aliphatic carbocycles. The normalized spacial score (nSPS) is 11.1. The topological polar surface area (TPSA) is 61.7 Å². The molecule has 0 unspecified atom stereocenters. The van der Waals surface area contributed by atoms with Gasteiger partial charge in [0.15, 0.2) is 0 Å². The van der Waals surface area contributed by atoms with Gasteiger partial charge in [0.05, 0.1) is 0 Å². The van der Waals surface area contributed by atoms with Crippen LogP contribution in [0.1, 0.15) is 12.5 Å². The summed E-state index contributed by atoms with van der Waals surface area (Å²) in [6.45, 7) is 3.33. The third kappa shape index (κ3) is 2.32. The van der Waals surface area contributed by atoms with Gasteiger partial charge in [0.25, 0.3) is 5.91 Å². The minimum Gasteiger partial charge on any atom is -0.410 e. The molecule has 74 valence electrons. The fourth-order valence-electron chi connectivity index (χ4n) is 0.971. The van der Waals surface area contributed by atoms with Crippen molar-refractivity contribution in [2.45, 2.75) is 13.8 Å². The largest absolute Gasteiger partial charge is 0.410 e. The van der Waals surface area contributed by atoms with E-state index in [0.29, 0.717) is 0 Å².